The molecule has 2 heterocycles. The van der Waals surface area contributed by atoms with Gasteiger partial charge in [-0.15, -0.1) is 11.3 Å². The predicted octanol–water partition coefficient (Wildman–Crippen LogP) is 4.59. The smallest absolute Gasteiger partial charge is 0.257 e. The summed E-state index contributed by atoms with van der Waals surface area (Å²) in [6, 6.07) is 4.98. The Balaban J connectivity index is 1.43. The van der Waals surface area contributed by atoms with Crippen LogP contribution in [0.25, 0.3) is 10.1 Å². The van der Waals surface area contributed by atoms with Gasteiger partial charge in [-0.3, -0.25) is 4.84 Å². The average Bonchev–Trinajstić information content (AvgIpc) is 3.19. The number of fused-ring (bicyclic) bond motifs is 3. The first kappa shape index (κ1) is 15.9. The molecule has 2 bridgehead atoms. The minimum absolute atomic E-state index is 0.243. The maximum absolute atomic E-state index is 13.0. The molecule has 1 saturated heterocycles. The van der Waals surface area contributed by atoms with Gasteiger partial charge in [-0.1, -0.05) is 11.7 Å². The summed E-state index contributed by atoms with van der Waals surface area (Å²) < 4.78 is 39.7. The summed E-state index contributed by atoms with van der Waals surface area (Å²) in [4.78, 5) is 5.94. The van der Waals surface area contributed by atoms with E-state index in [-0.39, 0.29) is 11.1 Å². The van der Waals surface area contributed by atoms with E-state index in [1.807, 2.05) is 0 Å². The zero-order valence-electron chi connectivity index (χ0n) is 13.4. The van der Waals surface area contributed by atoms with Crippen LogP contribution in [0, 0.1) is 11.8 Å². The molecule has 1 spiro atoms. The van der Waals surface area contributed by atoms with E-state index in [1.54, 1.807) is 17.3 Å². The molecule has 134 valence electrons. The second-order valence-electron chi connectivity index (χ2n) is 7.28. The molecule has 4 nitrogen and oxygen atoms in total. The van der Waals surface area contributed by atoms with Crippen molar-refractivity contribution in [3.8, 4) is 0 Å². The maximum Gasteiger partial charge on any atom is 0.417 e. The quantitative estimate of drug-likeness (QED) is 0.771. The van der Waals surface area contributed by atoms with Crippen LogP contribution in [0.15, 0.2) is 23.6 Å². The molecule has 6 rings (SSSR count). The molecule has 3 saturated carbocycles. The Labute approximate surface area is 146 Å². The number of hydrogen-bond acceptors (Lipinski definition) is 5. The van der Waals surface area contributed by atoms with E-state index in [4.69, 9.17) is 4.84 Å². The van der Waals surface area contributed by atoms with E-state index in [0.29, 0.717) is 16.5 Å². The van der Waals surface area contributed by atoms with E-state index in [0.717, 1.165) is 36.3 Å². The SMILES string of the molecule is FC(F)(F)c1csc2cc(N3NO[C@]4(CC5CCC4CC5)N3)ccc12. The van der Waals surface area contributed by atoms with Crippen LogP contribution >= 0.6 is 11.3 Å². The van der Waals surface area contributed by atoms with Gasteiger partial charge in [0.2, 0.25) is 0 Å². The van der Waals surface area contributed by atoms with Crippen molar-refractivity contribution in [3.63, 3.8) is 0 Å². The molecular formula is C17H18F3N3OS. The normalized spacial score (nSPS) is 32.2. The third-order valence-electron chi connectivity index (χ3n) is 5.84. The minimum atomic E-state index is -4.32. The van der Waals surface area contributed by atoms with Crippen molar-refractivity contribution in [1.29, 1.82) is 0 Å². The Kier molecular flexibility index (Phi) is 3.38. The molecule has 1 aromatic heterocycles. The Morgan fingerprint density at radius 2 is 2.00 bits per heavy atom. The van der Waals surface area contributed by atoms with Gasteiger partial charge in [0.05, 0.1) is 11.3 Å². The van der Waals surface area contributed by atoms with Gasteiger partial charge < -0.3 is 0 Å². The van der Waals surface area contributed by atoms with Crippen LogP contribution in [-0.2, 0) is 11.0 Å². The lowest BCUT2D eigenvalue weighted by Crippen LogP contribution is -2.57. The molecule has 2 N–H and O–H groups in total. The van der Waals surface area contributed by atoms with Gasteiger partial charge in [0.25, 0.3) is 0 Å². The average molecular weight is 369 g/mol. The lowest BCUT2D eigenvalue weighted by molar-refractivity contribution is -0.153. The highest BCUT2D eigenvalue weighted by Gasteiger charge is 2.53. The van der Waals surface area contributed by atoms with E-state index >= 15 is 0 Å². The Morgan fingerprint density at radius 3 is 2.68 bits per heavy atom. The molecule has 1 aromatic carbocycles. The lowest BCUT2D eigenvalue weighted by atomic mass is 9.66. The molecular weight excluding hydrogens is 351 g/mol. The second-order valence-corrected chi connectivity index (χ2v) is 8.19. The first-order valence-corrected chi connectivity index (χ1v) is 9.43. The van der Waals surface area contributed by atoms with Crippen molar-refractivity contribution in [2.45, 2.75) is 44.0 Å². The number of hydrazine groups is 2. The summed E-state index contributed by atoms with van der Waals surface area (Å²) in [5, 5.41) is 3.12. The maximum atomic E-state index is 13.0. The lowest BCUT2D eigenvalue weighted by Gasteiger charge is -2.47. The van der Waals surface area contributed by atoms with Crippen LogP contribution in [0.4, 0.5) is 18.9 Å². The van der Waals surface area contributed by atoms with E-state index in [2.05, 4.69) is 11.0 Å². The monoisotopic (exact) mass is 369 g/mol. The topological polar surface area (TPSA) is 36.5 Å². The van der Waals surface area contributed by atoms with Gasteiger partial charge in [-0.25, -0.2) is 5.12 Å². The number of rotatable bonds is 1. The molecule has 1 atom stereocenters. The number of anilines is 1. The van der Waals surface area contributed by atoms with Crippen LogP contribution in [-0.4, -0.2) is 5.72 Å². The highest BCUT2D eigenvalue weighted by Crippen LogP contribution is 2.49. The summed E-state index contributed by atoms with van der Waals surface area (Å²) in [5.74, 6) is 1.16. The number of nitrogens with zero attached hydrogens (tertiary/aromatic N) is 1. The summed E-state index contributed by atoms with van der Waals surface area (Å²) >= 11 is 1.11. The highest BCUT2D eigenvalue weighted by atomic mass is 32.1. The molecule has 2 aromatic rings. The van der Waals surface area contributed by atoms with Crippen LogP contribution in [0.2, 0.25) is 0 Å². The molecule has 0 radical (unpaired) electrons. The summed E-state index contributed by atoms with van der Waals surface area (Å²) in [6.45, 7) is 0. The first-order valence-electron chi connectivity index (χ1n) is 8.55. The fraction of sp³-hybridized carbons (Fsp3) is 0.529. The third-order valence-corrected chi connectivity index (χ3v) is 6.79. The van der Waals surface area contributed by atoms with E-state index < -0.39 is 11.7 Å². The van der Waals surface area contributed by atoms with Crippen LogP contribution in [0.3, 0.4) is 0 Å². The minimum Gasteiger partial charge on any atom is -0.257 e. The zero-order chi connectivity index (χ0) is 17.2. The van der Waals surface area contributed by atoms with Crippen molar-refractivity contribution in [2.75, 3.05) is 5.12 Å². The van der Waals surface area contributed by atoms with Crippen LogP contribution < -0.4 is 16.1 Å². The van der Waals surface area contributed by atoms with Gasteiger partial charge in [0.1, 0.15) is 0 Å². The molecule has 25 heavy (non-hydrogen) atoms. The molecule has 3 aliphatic carbocycles. The molecule has 8 heteroatoms. The van der Waals surface area contributed by atoms with E-state index in [1.165, 1.54) is 24.3 Å². The zero-order valence-corrected chi connectivity index (χ0v) is 14.2. The molecule has 1 aliphatic heterocycles. The summed E-state index contributed by atoms with van der Waals surface area (Å²) in [6.07, 6.45) is 1.49. The fourth-order valence-electron chi connectivity index (χ4n) is 4.55. The number of hydrogen-bond donors (Lipinski definition) is 2. The number of nitrogens with one attached hydrogen (secondary N) is 2. The van der Waals surface area contributed by atoms with Crippen LogP contribution in [0.5, 0.6) is 0 Å². The van der Waals surface area contributed by atoms with Gasteiger partial charge >= 0.3 is 6.18 Å². The van der Waals surface area contributed by atoms with Gasteiger partial charge in [0.15, 0.2) is 5.72 Å². The number of thiophene rings is 1. The van der Waals surface area contributed by atoms with Crippen LogP contribution in [0.1, 0.15) is 37.7 Å². The van der Waals surface area contributed by atoms with Crippen molar-refractivity contribution in [2.24, 2.45) is 11.8 Å². The molecule has 0 amide bonds. The second kappa shape index (κ2) is 5.33. The van der Waals surface area contributed by atoms with Crippen molar-refractivity contribution in [1.82, 2.24) is 11.0 Å². The van der Waals surface area contributed by atoms with Gasteiger partial charge in [-0.2, -0.15) is 18.6 Å². The Morgan fingerprint density at radius 1 is 1.20 bits per heavy atom. The standard InChI is InChI=1S/C17H18F3N3OS/c18-17(19,20)14-9-25-15-7-12(5-6-13(14)15)23-21-16(24-22-23)8-10-1-3-11(16)4-2-10/h5-7,9-11,21-22H,1-4,8H2/t10?,11?,16-/m0/s1. The Hall–Kier alpha value is -1.35. The summed E-state index contributed by atoms with van der Waals surface area (Å²) in [7, 11) is 0. The predicted molar refractivity (Wildman–Crippen MR) is 89.5 cm³/mol. The van der Waals surface area contributed by atoms with Crippen molar-refractivity contribution in [3.05, 3.63) is 29.1 Å². The third kappa shape index (κ3) is 2.46. The highest BCUT2D eigenvalue weighted by molar-refractivity contribution is 7.17. The summed E-state index contributed by atoms with van der Waals surface area (Å²) in [5.41, 5.74) is 6.16. The first-order chi connectivity index (χ1) is 11.9. The van der Waals surface area contributed by atoms with E-state index in [9.17, 15) is 13.2 Å². The number of benzene rings is 1. The largest absolute Gasteiger partial charge is 0.417 e. The van der Waals surface area contributed by atoms with Crippen molar-refractivity contribution >= 4 is 27.1 Å². The van der Waals surface area contributed by atoms with Crippen molar-refractivity contribution < 1.29 is 18.0 Å². The molecule has 0 unspecified atom stereocenters. The molecule has 4 fully saturated rings. The van der Waals surface area contributed by atoms with Gasteiger partial charge in [0, 0.05) is 21.4 Å². The number of alkyl halides is 3. The number of halogens is 3. The fourth-order valence-corrected chi connectivity index (χ4v) is 5.54. The molecule has 4 aliphatic rings. The Bertz CT molecular complexity index is 815. The van der Waals surface area contributed by atoms with Gasteiger partial charge in [-0.05, 0) is 50.2 Å².